The zero-order valence-corrected chi connectivity index (χ0v) is 18.6. The summed E-state index contributed by atoms with van der Waals surface area (Å²) in [4.78, 5) is 19.3. The number of nitrogens with two attached hydrogens (primary N) is 1. The summed E-state index contributed by atoms with van der Waals surface area (Å²) in [5, 5.41) is 15.8. The molecule has 0 bridgehead atoms. The molecule has 0 heterocycles. The van der Waals surface area contributed by atoms with Crippen LogP contribution >= 0.6 is 0 Å². The number of ether oxygens (including phenoxy) is 1. The van der Waals surface area contributed by atoms with Crippen molar-refractivity contribution in [1.29, 1.82) is 0 Å². The van der Waals surface area contributed by atoms with Crippen LogP contribution in [0.25, 0.3) is 0 Å². The van der Waals surface area contributed by atoms with Crippen molar-refractivity contribution in [1.82, 2.24) is 0 Å². The lowest BCUT2D eigenvalue weighted by Crippen LogP contribution is -2.00. The van der Waals surface area contributed by atoms with Gasteiger partial charge < -0.3 is 20.7 Å². The molecule has 1 aromatic carbocycles. The average molecular weight is 424 g/mol. The van der Waals surface area contributed by atoms with Gasteiger partial charge in [-0.05, 0) is 18.6 Å². The first-order valence-corrected chi connectivity index (χ1v) is 11.4. The zero-order valence-electron chi connectivity index (χ0n) is 18.6. The molecule has 0 aromatic heterocycles. The molecule has 0 amide bonds. The van der Waals surface area contributed by atoms with Crippen LogP contribution in [0.4, 0.5) is 5.69 Å². The molecular weight excluding hydrogens is 382 g/mol. The number of rotatable bonds is 17. The number of hydrogen-bond donors (Lipinski definition) is 3. The summed E-state index contributed by atoms with van der Waals surface area (Å²) in [6.45, 7) is 3.06. The minimum Gasteiger partial charge on any atom is -0.491 e. The summed E-state index contributed by atoms with van der Waals surface area (Å²) in [7, 11) is 0. The second kappa shape index (κ2) is 20.0. The van der Waals surface area contributed by atoms with Gasteiger partial charge in [0.25, 0.3) is 0 Å². The Hall–Kier alpha value is -2.24. The van der Waals surface area contributed by atoms with Crippen LogP contribution in [0.2, 0.25) is 0 Å². The van der Waals surface area contributed by atoms with Gasteiger partial charge >= 0.3 is 11.9 Å². The number of carboxylic acid groups (broad SMARTS) is 2. The van der Waals surface area contributed by atoms with Gasteiger partial charge in [0.05, 0.1) is 25.1 Å². The molecule has 6 heteroatoms. The Labute approximate surface area is 181 Å². The van der Waals surface area contributed by atoms with Crippen LogP contribution in [0.5, 0.6) is 5.75 Å². The van der Waals surface area contributed by atoms with E-state index in [-0.39, 0.29) is 12.8 Å². The van der Waals surface area contributed by atoms with Crippen molar-refractivity contribution in [3.8, 4) is 5.75 Å². The van der Waals surface area contributed by atoms with Gasteiger partial charge in [-0.25, -0.2) is 0 Å². The summed E-state index contributed by atoms with van der Waals surface area (Å²) >= 11 is 0. The summed E-state index contributed by atoms with van der Waals surface area (Å²) < 4.78 is 5.70. The van der Waals surface area contributed by atoms with Crippen molar-refractivity contribution >= 4 is 17.6 Å². The molecule has 4 N–H and O–H groups in total. The average Bonchev–Trinajstić information content (AvgIpc) is 2.71. The van der Waals surface area contributed by atoms with Crippen LogP contribution in [-0.2, 0) is 9.59 Å². The van der Waals surface area contributed by atoms with E-state index in [1.54, 1.807) is 0 Å². The van der Waals surface area contributed by atoms with E-state index in [9.17, 15) is 9.59 Å². The zero-order chi connectivity index (χ0) is 22.5. The number of carboxylic acids is 2. The molecule has 0 aliphatic rings. The first-order valence-electron chi connectivity index (χ1n) is 11.4. The molecular formula is C24H41NO5. The number of unbranched alkanes of at least 4 members (excludes halogenated alkanes) is 11. The minimum atomic E-state index is -1.08. The van der Waals surface area contributed by atoms with Crippen LogP contribution in [0.15, 0.2) is 24.3 Å². The van der Waals surface area contributed by atoms with Crippen molar-refractivity contribution in [3.05, 3.63) is 24.3 Å². The van der Waals surface area contributed by atoms with Crippen LogP contribution in [0.1, 0.15) is 96.8 Å². The Morgan fingerprint density at radius 1 is 0.767 bits per heavy atom. The SMILES string of the molecule is CCCCCCCCCCCCCCOc1ccccc1N.O=C(O)CCC(=O)O. The first-order chi connectivity index (χ1) is 14.5. The van der Waals surface area contributed by atoms with E-state index in [0.29, 0.717) is 0 Å². The molecule has 0 unspecified atom stereocenters. The van der Waals surface area contributed by atoms with Crippen LogP contribution < -0.4 is 10.5 Å². The van der Waals surface area contributed by atoms with Crippen LogP contribution in [-0.4, -0.2) is 28.8 Å². The highest BCUT2D eigenvalue weighted by Gasteiger charge is 2.00. The van der Waals surface area contributed by atoms with Gasteiger partial charge in [-0.3, -0.25) is 9.59 Å². The molecule has 0 saturated carbocycles. The van der Waals surface area contributed by atoms with E-state index in [0.717, 1.165) is 24.5 Å². The molecule has 0 atom stereocenters. The Morgan fingerprint density at radius 2 is 1.20 bits per heavy atom. The fourth-order valence-electron chi connectivity index (χ4n) is 2.95. The Bertz CT molecular complexity index is 548. The molecule has 0 aliphatic carbocycles. The highest BCUT2D eigenvalue weighted by Crippen LogP contribution is 2.20. The van der Waals surface area contributed by atoms with Crippen molar-refractivity contribution in [2.24, 2.45) is 0 Å². The largest absolute Gasteiger partial charge is 0.491 e. The predicted molar refractivity (Wildman–Crippen MR) is 122 cm³/mol. The van der Waals surface area contributed by atoms with E-state index in [4.69, 9.17) is 20.7 Å². The number of benzene rings is 1. The highest BCUT2D eigenvalue weighted by molar-refractivity contribution is 5.75. The summed E-state index contributed by atoms with van der Waals surface area (Å²) in [6, 6.07) is 7.73. The fraction of sp³-hybridized carbons (Fsp3) is 0.667. The van der Waals surface area contributed by atoms with Gasteiger partial charge in [0.15, 0.2) is 0 Å². The molecule has 30 heavy (non-hydrogen) atoms. The van der Waals surface area contributed by atoms with Gasteiger partial charge in [0, 0.05) is 0 Å². The second-order valence-electron chi connectivity index (χ2n) is 7.56. The van der Waals surface area contributed by atoms with Gasteiger partial charge in [-0.15, -0.1) is 0 Å². The number of aliphatic carboxylic acids is 2. The molecule has 0 saturated heterocycles. The fourth-order valence-corrected chi connectivity index (χ4v) is 2.95. The highest BCUT2D eigenvalue weighted by atomic mass is 16.5. The third-order valence-corrected chi connectivity index (χ3v) is 4.73. The number of para-hydroxylation sites is 2. The third-order valence-electron chi connectivity index (χ3n) is 4.73. The number of carbonyl (C=O) groups is 2. The van der Waals surface area contributed by atoms with Gasteiger partial charge in [-0.1, -0.05) is 89.7 Å². The molecule has 0 spiro atoms. The molecule has 6 nitrogen and oxygen atoms in total. The van der Waals surface area contributed by atoms with Gasteiger partial charge in [0.2, 0.25) is 0 Å². The quantitative estimate of drug-likeness (QED) is 0.201. The van der Waals surface area contributed by atoms with Crippen LogP contribution in [0.3, 0.4) is 0 Å². The molecule has 0 radical (unpaired) electrons. The van der Waals surface area contributed by atoms with Crippen molar-refractivity contribution < 1.29 is 24.5 Å². The summed E-state index contributed by atoms with van der Waals surface area (Å²) in [5.74, 6) is -1.33. The topological polar surface area (TPSA) is 110 Å². The van der Waals surface area contributed by atoms with E-state index in [1.165, 1.54) is 70.6 Å². The number of nitrogen functional groups attached to an aromatic ring is 1. The normalized spacial score (nSPS) is 10.2. The van der Waals surface area contributed by atoms with E-state index in [2.05, 4.69) is 6.92 Å². The third kappa shape index (κ3) is 19.1. The minimum absolute atomic E-state index is 0.296. The molecule has 172 valence electrons. The van der Waals surface area contributed by atoms with E-state index >= 15 is 0 Å². The van der Waals surface area contributed by atoms with Crippen molar-refractivity contribution in [3.63, 3.8) is 0 Å². The first kappa shape index (κ1) is 27.8. The lowest BCUT2D eigenvalue weighted by Gasteiger charge is -2.08. The van der Waals surface area contributed by atoms with Gasteiger partial charge in [-0.2, -0.15) is 0 Å². The number of anilines is 1. The number of hydrogen-bond acceptors (Lipinski definition) is 4. The lowest BCUT2D eigenvalue weighted by molar-refractivity contribution is -0.143. The second-order valence-corrected chi connectivity index (χ2v) is 7.56. The Kier molecular flexibility index (Phi) is 18.6. The maximum absolute atomic E-state index is 9.64. The monoisotopic (exact) mass is 423 g/mol. The Balaban J connectivity index is 0.000000890. The smallest absolute Gasteiger partial charge is 0.303 e. The summed E-state index contributed by atoms with van der Waals surface area (Å²) in [6.07, 6.45) is 15.8. The van der Waals surface area contributed by atoms with Crippen molar-refractivity contribution in [2.75, 3.05) is 12.3 Å². The van der Waals surface area contributed by atoms with Crippen molar-refractivity contribution in [2.45, 2.75) is 96.8 Å². The predicted octanol–water partition coefficient (Wildman–Crippen LogP) is 6.28. The van der Waals surface area contributed by atoms with Crippen LogP contribution in [0, 0.1) is 0 Å². The van der Waals surface area contributed by atoms with E-state index < -0.39 is 11.9 Å². The standard InChI is InChI=1S/C20H35NO.C4H6O4/c1-2-3-4-5-6-7-8-9-10-11-12-15-18-22-20-17-14-13-16-19(20)21;5-3(6)1-2-4(7)8/h13-14,16-17H,2-12,15,18,21H2,1H3;1-2H2,(H,5,6)(H,7,8). The molecule has 1 rings (SSSR count). The van der Waals surface area contributed by atoms with Gasteiger partial charge in [0.1, 0.15) is 5.75 Å². The lowest BCUT2D eigenvalue weighted by atomic mass is 10.1. The molecule has 0 fully saturated rings. The molecule has 0 aliphatic heterocycles. The summed E-state index contributed by atoms with van der Waals surface area (Å²) in [5.41, 5.74) is 6.58. The Morgan fingerprint density at radius 3 is 1.63 bits per heavy atom. The maximum atomic E-state index is 9.64. The van der Waals surface area contributed by atoms with E-state index in [1.807, 2.05) is 24.3 Å². The maximum Gasteiger partial charge on any atom is 0.303 e. The molecule has 1 aromatic rings.